The maximum absolute atomic E-state index is 13.7. The van der Waals surface area contributed by atoms with E-state index in [2.05, 4.69) is 4.98 Å². The van der Waals surface area contributed by atoms with Crippen LogP contribution >= 0.6 is 0 Å². The molecule has 0 amide bonds. The van der Waals surface area contributed by atoms with Crippen LogP contribution in [0.5, 0.6) is 0 Å². The predicted octanol–water partition coefficient (Wildman–Crippen LogP) is 2.96. The zero-order valence-electron chi connectivity index (χ0n) is 11.7. The summed E-state index contributed by atoms with van der Waals surface area (Å²) in [5, 5.41) is 0. The molecule has 3 nitrogen and oxygen atoms in total. The van der Waals surface area contributed by atoms with E-state index in [9.17, 15) is 22.0 Å². The number of hydrogen-bond acceptors (Lipinski definition) is 3. The number of rotatable bonds is 2. The lowest BCUT2D eigenvalue weighted by molar-refractivity contribution is -0.138. The summed E-state index contributed by atoms with van der Waals surface area (Å²) < 4.78 is 65.4. The predicted molar refractivity (Wildman–Crippen MR) is 68.5 cm³/mol. The van der Waals surface area contributed by atoms with Gasteiger partial charge in [0.2, 0.25) is 0 Å². The summed E-state index contributed by atoms with van der Waals surface area (Å²) >= 11 is 0. The first-order chi connectivity index (χ1) is 9.59. The molecule has 8 heteroatoms. The van der Waals surface area contributed by atoms with Crippen LogP contribution in [0, 0.1) is 0 Å². The monoisotopic (exact) mass is 309 g/mol. The first kappa shape index (κ1) is 15.9. The number of alkyl halides is 5. The molecule has 1 saturated heterocycles. The zero-order chi connectivity index (χ0) is 15.8. The topological polar surface area (TPSA) is 19.4 Å². The van der Waals surface area contributed by atoms with Gasteiger partial charge in [0.05, 0.1) is 11.1 Å². The fourth-order valence-corrected chi connectivity index (χ4v) is 2.21. The van der Waals surface area contributed by atoms with Crippen LogP contribution in [0.1, 0.15) is 18.1 Å². The van der Waals surface area contributed by atoms with Crippen molar-refractivity contribution in [2.75, 3.05) is 38.1 Å². The molecule has 0 unspecified atom stereocenters. The number of piperazine rings is 1. The quantitative estimate of drug-likeness (QED) is 0.783. The molecule has 0 N–H and O–H groups in total. The third-order valence-corrected chi connectivity index (χ3v) is 3.47. The van der Waals surface area contributed by atoms with E-state index >= 15 is 0 Å². The minimum absolute atomic E-state index is 0.0661. The Hall–Kier alpha value is -1.44. The smallest absolute Gasteiger partial charge is 0.354 e. The highest BCUT2D eigenvalue weighted by Crippen LogP contribution is 2.38. The van der Waals surface area contributed by atoms with Gasteiger partial charge < -0.3 is 9.80 Å². The lowest BCUT2D eigenvalue weighted by Gasteiger charge is -2.35. The summed E-state index contributed by atoms with van der Waals surface area (Å²) in [5.74, 6) is -3.45. The van der Waals surface area contributed by atoms with Crippen molar-refractivity contribution < 1.29 is 22.0 Å². The number of halogens is 5. The first-order valence-corrected chi connectivity index (χ1v) is 6.48. The van der Waals surface area contributed by atoms with Crippen molar-refractivity contribution in [3.8, 4) is 0 Å². The van der Waals surface area contributed by atoms with Gasteiger partial charge in [0, 0.05) is 39.3 Å². The van der Waals surface area contributed by atoms with Gasteiger partial charge >= 0.3 is 6.18 Å². The Kier molecular flexibility index (Phi) is 4.10. The second-order valence-electron chi connectivity index (χ2n) is 5.27. The summed E-state index contributed by atoms with van der Waals surface area (Å²) in [6, 6.07) is 0.501. The highest BCUT2D eigenvalue weighted by molar-refractivity contribution is 5.51. The van der Waals surface area contributed by atoms with Gasteiger partial charge in [0.1, 0.15) is 5.82 Å². The second kappa shape index (κ2) is 5.40. The lowest BCUT2D eigenvalue weighted by Crippen LogP contribution is -2.45. The van der Waals surface area contributed by atoms with Gasteiger partial charge in [0.15, 0.2) is 0 Å². The van der Waals surface area contributed by atoms with E-state index in [1.54, 1.807) is 4.90 Å². The Labute approximate surface area is 119 Å². The van der Waals surface area contributed by atoms with Gasteiger partial charge in [-0.05, 0) is 13.1 Å². The molecule has 1 aliphatic rings. The highest BCUT2D eigenvalue weighted by atomic mass is 19.4. The van der Waals surface area contributed by atoms with E-state index in [4.69, 9.17) is 0 Å². The Bertz CT molecular complexity index is 502. The number of pyridine rings is 1. The van der Waals surface area contributed by atoms with E-state index in [1.807, 2.05) is 11.9 Å². The molecule has 2 heterocycles. The van der Waals surface area contributed by atoms with Crippen molar-refractivity contribution in [2.24, 2.45) is 0 Å². The van der Waals surface area contributed by atoms with Gasteiger partial charge in [-0.2, -0.15) is 13.2 Å². The van der Waals surface area contributed by atoms with Crippen molar-refractivity contribution in [3.05, 3.63) is 23.4 Å². The zero-order valence-corrected chi connectivity index (χ0v) is 11.7. The van der Waals surface area contributed by atoms with Crippen LogP contribution in [0.25, 0.3) is 0 Å². The van der Waals surface area contributed by atoms with Crippen LogP contribution in [-0.2, 0) is 12.1 Å². The van der Waals surface area contributed by atoms with Crippen molar-refractivity contribution in [1.29, 1.82) is 0 Å². The molecular weight excluding hydrogens is 293 g/mol. The lowest BCUT2D eigenvalue weighted by atomic mass is 10.1. The van der Waals surface area contributed by atoms with E-state index < -0.39 is 23.2 Å². The summed E-state index contributed by atoms with van der Waals surface area (Å²) in [5.41, 5.74) is -1.83. The largest absolute Gasteiger partial charge is 0.417 e. The summed E-state index contributed by atoms with van der Waals surface area (Å²) in [7, 11) is 1.90. The maximum Gasteiger partial charge on any atom is 0.417 e. The van der Waals surface area contributed by atoms with Gasteiger partial charge in [-0.15, -0.1) is 0 Å². The Morgan fingerprint density at radius 1 is 1.05 bits per heavy atom. The number of anilines is 1. The van der Waals surface area contributed by atoms with Crippen LogP contribution in [0.2, 0.25) is 0 Å². The fourth-order valence-electron chi connectivity index (χ4n) is 2.21. The maximum atomic E-state index is 13.7. The molecular formula is C13H16F5N3. The van der Waals surface area contributed by atoms with Crippen LogP contribution in [0.3, 0.4) is 0 Å². The minimum Gasteiger partial charge on any atom is -0.354 e. The molecule has 2 rings (SSSR count). The Morgan fingerprint density at radius 2 is 1.62 bits per heavy atom. The fraction of sp³-hybridized carbons (Fsp3) is 0.615. The van der Waals surface area contributed by atoms with E-state index in [0.29, 0.717) is 45.4 Å². The number of aromatic nitrogens is 1. The molecule has 0 atom stereocenters. The van der Waals surface area contributed by atoms with Gasteiger partial charge in [-0.25, -0.2) is 13.8 Å². The van der Waals surface area contributed by atoms with Gasteiger partial charge in [0.25, 0.3) is 5.92 Å². The molecule has 1 aromatic heterocycles. The van der Waals surface area contributed by atoms with Crippen LogP contribution in [-0.4, -0.2) is 43.1 Å². The van der Waals surface area contributed by atoms with E-state index in [-0.39, 0.29) is 5.82 Å². The van der Waals surface area contributed by atoms with E-state index in [1.165, 1.54) is 0 Å². The van der Waals surface area contributed by atoms with Gasteiger partial charge in [-0.1, -0.05) is 0 Å². The Morgan fingerprint density at radius 3 is 2.10 bits per heavy atom. The third kappa shape index (κ3) is 3.61. The average molecular weight is 309 g/mol. The molecule has 0 aliphatic carbocycles. The van der Waals surface area contributed by atoms with Crippen molar-refractivity contribution in [3.63, 3.8) is 0 Å². The van der Waals surface area contributed by atoms with Crippen LogP contribution in [0.15, 0.2) is 12.3 Å². The molecule has 21 heavy (non-hydrogen) atoms. The molecule has 1 fully saturated rings. The standard InChI is InChI=1S/C13H16F5N3/c1-12(14,15)10-7-9(13(16,17)18)8-19-11(10)21-5-3-20(2)4-6-21/h7-8H,3-6H2,1-2H3. The average Bonchev–Trinajstić information content (AvgIpc) is 2.37. The number of likely N-dealkylation sites (N-methyl/N-ethyl adjacent to an activating group) is 1. The Balaban J connectivity index is 2.41. The van der Waals surface area contributed by atoms with Crippen molar-refractivity contribution in [1.82, 2.24) is 9.88 Å². The van der Waals surface area contributed by atoms with Crippen LogP contribution in [0.4, 0.5) is 27.8 Å². The summed E-state index contributed by atoms with van der Waals surface area (Å²) in [6.07, 6.45) is -4.07. The van der Waals surface area contributed by atoms with Gasteiger partial charge in [-0.3, -0.25) is 0 Å². The summed E-state index contributed by atoms with van der Waals surface area (Å²) in [6.45, 7) is 2.80. The number of nitrogens with zero attached hydrogens (tertiary/aromatic N) is 3. The molecule has 118 valence electrons. The van der Waals surface area contributed by atoms with E-state index in [0.717, 1.165) is 0 Å². The minimum atomic E-state index is -4.69. The SMILES string of the molecule is CN1CCN(c2ncc(C(F)(F)F)cc2C(C)(F)F)CC1. The number of hydrogen-bond donors (Lipinski definition) is 0. The molecule has 0 saturated carbocycles. The molecule has 1 aromatic rings. The molecule has 0 radical (unpaired) electrons. The highest BCUT2D eigenvalue weighted by Gasteiger charge is 2.37. The third-order valence-electron chi connectivity index (χ3n) is 3.47. The van der Waals surface area contributed by atoms with Crippen molar-refractivity contribution in [2.45, 2.75) is 19.0 Å². The second-order valence-corrected chi connectivity index (χ2v) is 5.27. The normalized spacial score (nSPS) is 18.1. The molecule has 0 bridgehead atoms. The van der Waals surface area contributed by atoms with Crippen LogP contribution < -0.4 is 4.90 Å². The first-order valence-electron chi connectivity index (χ1n) is 6.48. The molecule has 1 aliphatic heterocycles. The summed E-state index contributed by atoms with van der Waals surface area (Å²) in [4.78, 5) is 7.29. The van der Waals surface area contributed by atoms with Crippen molar-refractivity contribution >= 4 is 5.82 Å². The molecule has 0 aromatic carbocycles. The molecule has 0 spiro atoms.